The van der Waals surface area contributed by atoms with Gasteiger partial charge in [0.15, 0.2) is 0 Å². The first kappa shape index (κ1) is 22.1. The summed E-state index contributed by atoms with van der Waals surface area (Å²) in [6.07, 6.45) is -0.480. The SMILES string of the molecule is C=C(C)C(=O)OCC(C)(CO)COP(=O)(CCC(=O)O)c1ccccc1. The van der Waals surface area contributed by atoms with Gasteiger partial charge in [-0.15, -0.1) is 0 Å². The van der Waals surface area contributed by atoms with Gasteiger partial charge in [0, 0.05) is 22.5 Å². The Kier molecular flexibility index (Phi) is 8.21. The molecule has 2 unspecified atom stereocenters. The van der Waals surface area contributed by atoms with E-state index >= 15 is 0 Å². The molecule has 1 aromatic rings. The molecule has 2 N–H and O–H groups in total. The van der Waals surface area contributed by atoms with Gasteiger partial charge in [0.25, 0.3) is 0 Å². The van der Waals surface area contributed by atoms with E-state index in [9.17, 15) is 19.3 Å². The molecular weight excluding hydrogens is 359 g/mol. The number of aliphatic hydroxyl groups is 1. The summed E-state index contributed by atoms with van der Waals surface area (Å²) in [7, 11) is -3.45. The smallest absolute Gasteiger partial charge is 0.333 e. The van der Waals surface area contributed by atoms with Crippen LogP contribution in [0.4, 0.5) is 0 Å². The van der Waals surface area contributed by atoms with Gasteiger partial charge >= 0.3 is 11.9 Å². The number of esters is 1. The molecule has 0 aliphatic heterocycles. The fraction of sp³-hybridized carbons (Fsp3) is 0.444. The number of ether oxygens (including phenoxy) is 1. The maximum absolute atomic E-state index is 13.2. The van der Waals surface area contributed by atoms with Crippen molar-refractivity contribution in [1.29, 1.82) is 0 Å². The second-order valence-corrected chi connectivity index (χ2v) is 9.04. The number of carboxylic acids is 1. The highest BCUT2D eigenvalue weighted by Gasteiger charge is 2.33. The Hall–Kier alpha value is -1.95. The Morgan fingerprint density at radius 1 is 1.23 bits per heavy atom. The fourth-order valence-electron chi connectivity index (χ4n) is 1.92. The van der Waals surface area contributed by atoms with Gasteiger partial charge in [0.1, 0.15) is 6.61 Å². The summed E-state index contributed by atoms with van der Waals surface area (Å²) in [4.78, 5) is 22.4. The first-order chi connectivity index (χ1) is 12.1. The van der Waals surface area contributed by atoms with Crippen LogP contribution in [-0.4, -0.2) is 48.1 Å². The maximum atomic E-state index is 13.2. The van der Waals surface area contributed by atoms with Crippen LogP contribution in [-0.2, 0) is 23.4 Å². The Morgan fingerprint density at radius 3 is 2.35 bits per heavy atom. The van der Waals surface area contributed by atoms with Crippen LogP contribution in [0, 0.1) is 5.41 Å². The minimum Gasteiger partial charge on any atom is -0.481 e. The Bertz CT molecular complexity index is 686. The molecule has 0 saturated carbocycles. The third-order valence-electron chi connectivity index (χ3n) is 3.67. The normalized spacial score (nSPS) is 15.5. The lowest BCUT2D eigenvalue weighted by atomic mass is 9.94. The van der Waals surface area contributed by atoms with Gasteiger partial charge in [-0.25, -0.2) is 4.79 Å². The molecular formula is C18H25O7P. The topological polar surface area (TPSA) is 110 Å². The molecule has 2 atom stereocenters. The third kappa shape index (κ3) is 6.75. The molecule has 0 amide bonds. The second kappa shape index (κ2) is 9.67. The Labute approximate surface area is 153 Å². The lowest BCUT2D eigenvalue weighted by molar-refractivity contribution is -0.144. The van der Waals surface area contributed by atoms with E-state index in [4.69, 9.17) is 14.4 Å². The summed E-state index contributed by atoms with van der Waals surface area (Å²) in [5, 5.41) is 19.0. The van der Waals surface area contributed by atoms with Crippen LogP contribution in [0.25, 0.3) is 0 Å². The molecule has 0 aliphatic rings. The molecule has 1 rings (SSSR count). The minimum atomic E-state index is -3.45. The number of hydrogen-bond acceptors (Lipinski definition) is 6. The van der Waals surface area contributed by atoms with Crippen LogP contribution in [0.5, 0.6) is 0 Å². The number of carbonyl (C=O) groups excluding carboxylic acids is 1. The van der Waals surface area contributed by atoms with Crippen LogP contribution in [0.15, 0.2) is 42.5 Å². The average molecular weight is 384 g/mol. The van der Waals surface area contributed by atoms with Crippen molar-refractivity contribution in [2.24, 2.45) is 5.41 Å². The van der Waals surface area contributed by atoms with Gasteiger partial charge in [-0.2, -0.15) is 0 Å². The number of aliphatic carboxylic acids is 1. The molecule has 0 radical (unpaired) electrons. The van der Waals surface area contributed by atoms with E-state index in [1.807, 2.05) is 0 Å². The molecule has 1 aromatic carbocycles. The highest BCUT2D eigenvalue weighted by molar-refractivity contribution is 7.67. The largest absolute Gasteiger partial charge is 0.481 e. The first-order valence-electron chi connectivity index (χ1n) is 8.06. The number of aliphatic hydroxyl groups excluding tert-OH is 1. The van der Waals surface area contributed by atoms with Crippen molar-refractivity contribution in [3.8, 4) is 0 Å². The van der Waals surface area contributed by atoms with Gasteiger partial charge in [-0.3, -0.25) is 9.36 Å². The summed E-state index contributed by atoms with van der Waals surface area (Å²) in [5.41, 5.74) is -0.763. The summed E-state index contributed by atoms with van der Waals surface area (Å²) in [5.74, 6) is -1.67. The summed E-state index contributed by atoms with van der Waals surface area (Å²) in [6.45, 7) is 5.91. The van der Waals surface area contributed by atoms with Crippen molar-refractivity contribution < 1.29 is 33.6 Å². The molecule has 0 heterocycles. The van der Waals surface area contributed by atoms with Crippen LogP contribution < -0.4 is 5.30 Å². The van der Waals surface area contributed by atoms with Gasteiger partial charge in [-0.1, -0.05) is 31.7 Å². The summed E-state index contributed by atoms with van der Waals surface area (Å²) in [6, 6.07) is 8.35. The highest BCUT2D eigenvalue weighted by atomic mass is 31.2. The molecule has 0 bridgehead atoms. The molecule has 26 heavy (non-hydrogen) atoms. The van der Waals surface area contributed by atoms with E-state index in [-0.39, 0.29) is 38.0 Å². The zero-order chi connectivity index (χ0) is 19.8. The zero-order valence-electron chi connectivity index (χ0n) is 15.0. The van der Waals surface area contributed by atoms with Crippen molar-refractivity contribution >= 4 is 24.6 Å². The van der Waals surface area contributed by atoms with E-state index in [1.165, 1.54) is 6.92 Å². The molecule has 0 spiro atoms. The lowest BCUT2D eigenvalue weighted by Crippen LogP contribution is -2.34. The van der Waals surface area contributed by atoms with E-state index in [2.05, 4.69) is 6.58 Å². The number of hydrogen-bond donors (Lipinski definition) is 2. The van der Waals surface area contributed by atoms with E-state index < -0.39 is 24.7 Å². The molecule has 7 nitrogen and oxygen atoms in total. The predicted molar refractivity (Wildman–Crippen MR) is 97.7 cm³/mol. The number of carbonyl (C=O) groups is 2. The maximum Gasteiger partial charge on any atom is 0.333 e. The summed E-state index contributed by atoms with van der Waals surface area (Å²) >= 11 is 0. The van der Waals surface area contributed by atoms with Gasteiger partial charge < -0.3 is 19.5 Å². The third-order valence-corrected chi connectivity index (χ3v) is 6.12. The van der Waals surface area contributed by atoms with E-state index in [0.29, 0.717) is 5.30 Å². The van der Waals surface area contributed by atoms with Crippen LogP contribution in [0.1, 0.15) is 20.3 Å². The molecule has 8 heteroatoms. The van der Waals surface area contributed by atoms with Gasteiger partial charge in [0.2, 0.25) is 7.37 Å². The van der Waals surface area contributed by atoms with Crippen molar-refractivity contribution in [3.05, 3.63) is 42.5 Å². The first-order valence-corrected chi connectivity index (χ1v) is 9.87. The number of carboxylic acid groups (broad SMARTS) is 1. The fourth-order valence-corrected chi connectivity index (χ4v) is 4.09. The standard InChI is InChI=1S/C18H25O7P/c1-14(2)17(22)24-12-18(3,11-19)13-25-26(23,10-9-16(20)21)15-7-5-4-6-8-15/h4-8,19H,1,9-13H2,2-3H3,(H,20,21). The Morgan fingerprint density at radius 2 is 1.85 bits per heavy atom. The zero-order valence-corrected chi connectivity index (χ0v) is 15.9. The number of benzene rings is 1. The minimum absolute atomic E-state index is 0.150. The molecule has 0 aromatic heterocycles. The van der Waals surface area contributed by atoms with Crippen molar-refractivity contribution in [2.45, 2.75) is 20.3 Å². The lowest BCUT2D eigenvalue weighted by Gasteiger charge is -2.29. The van der Waals surface area contributed by atoms with Crippen LogP contribution in [0.2, 0.25) is 0 Å². The van der Waals surface area contributed by atoms with Crippen molar-refractivity contribution in [3.63, 3.8) is 0 Å². The predicted octanol–water partition coefficient (Wildman–Crippen LogP) is 2.20. The molecule has 0 saturated heterocycles. The average Bonchev–Trinajstić information content (AvgIpc) is 2.63. The van der Waals surface area contributed by atoms with E-state index in [1.54, 1.807) is 37.3 Å². The second-order valence-electron chi connectivity index (χ2n) is 6.47. The van der Waals surface area contributed by atoms with Crippen LogP contribution >= 0.6 is 7.37 Å². The van der Waals surface area contributed by atoms with Crippen molar-refractivity contribution in [1.82, 2.24) is 0 Å². The molecule has 0 fully saturated rings. The summed E-state index contributed by atoms with van der Waals surface area (Å²) < 4.78 is 23.9. The van der Waals surface area contributed by atoms with Crippen molar-refractivity contribution in [2.75, 3.05) is 26.0 Å². The monoisotopic (exact) mass is 384 g/mol. The van der Waals surface area contributed by atoms with Crippen LogP contribution in [0.3, 0.4) is 0 Å². The van der Waals surface area contributed by atoms with E-state index in [0.717, 1.165) is 0 Å². The molecule has 0 aliphatic carbocycles. The highest BCUT2D eigenvalue weighted by Crippen LogP contribution is 2.47. The Balaban J connectivity index is 2.89. The molecule has 144 valence electrons. The number of rotatable bonds is 11. The van der Waals surface area contributed by atoms with Gasteiger partial charge in [-0.05, 0) is 19.1 Å². The van der Waals surface area contributed by atoms with Gasteiger partial charge in [0.05, 0.1) is 19.6 Å². The quantitative estimate of drug-likeness (QED) is 0.342.